The molecule has 0 bridgehead atoms. The van der Waals surface area contributed by atoms with E-state index in [1.807, 2.05) is 48.6 Å². The predicted molar refractivity (Wildman–Crippen MR) is 115 cm³/mol. The first kappa shape index (κ1) is 23.5. The van der Waals surface area contributed by atoms with Crippen LogP contribution in [-0.2, 0) is 14.3 Å². The molecular formula is C24H32O7. The average molecular weight is 433 g/mol. The molecule has 2 aliphatic rings. The van der Waals surface area contributed by atoms with E-state index in [9.17, 15) is 15.0 Å². The number of rotatable bonds is 11. The van der Waals surface area contributed by atoms with Crippen molar-refractivity contribution in [3.63, 3.8) is 0 Å². The van der Waals surface area contributed by atoms with Gasteiger partial charge in [-0.25, -0.2) is 0 Å². The number of hydrogen-bond acceptors (Lipinski definition) is 6. The topological polar surface area (TPSA) is 105 Å². The number of aliphatic hydroxyl groups is 2. The Hall–Kier alpha value is -2.19. The molecular weight excluding hydrogens is 400 g/mol. The molecule has 170 valence electrons. The van der Waals surface area contributed by atoms with Crippen LogP contribution in [0.2, 0.25) is 0 Å². The number of aliphatic hydroxyl groups excluding tert-OH is 2. The highest BCUT2D eigenvalue weighted by Crippen LogP contribution is 2.37. The van der Waals surface area contributed by atoms with E-state index in [-0.39, 0.29) is 24.9 Å². The van der Waals surface area contributed by atoms with E-state index in [1.54, 1.807) is 6.08 Å². The highest BCUT2D eigenvalue weighted by Gasteiger charge is 2.41. The van der Waals surface area contributed by atoms with Gasteiger partial charge in [0.1, 0.15) is 12.4 Å². The molecule has 1 aromatic carbocycles. The number of aliphatic carboxylic acids is 1. The van der Waals surface area contributed by atoms with Gasteiger partial charge in [-0.15, -0.1) is 0 Å². The van der Waals surface area contributed by atoms with Gasteiger partial charge in [0.15, 0.2) is 0 Å². The zero-order valence-electron chi connectivity index (χ0n) is 17.6. The van der Waals surface area contributed by atoms with Gasteiger partial charge in [-0.05, 0) is 43.4 Å². The van der Waals surface area contributed by atoms with Gasteiger partial charge in [-0.2, -0.15) is 0 Å². The molecule has 31 heavy (non-hydrogen) atoms. The molecule has 0 aromatic heterocycles. The third-order valence-electron chi connectivity index (χ3n) is 5.78. The van der Waals surface area contributed by atoms with Crippen LogP contribution in [0.25, 0.3) is 0 Å². The third kappa shape index (κ3) is 6.90. The molecule has 1 aliphatic heterocycles. The largest absolute Gasteiger partial charge is 0.488 e. The molecule has 0 amide bonds. The zero-order chi connectivity index (χ0) is 22.1. The monoisotopic (exact) mass is 432 g/mol. The number of carboxylic acids is 1. The second-order valence-electron chi connectivity index (χ2n) is 8.07. The van der Waals surface area contributed by atoms with Crippen molar-refractivity contribution in [1.82, 2.24) is 0 Å². The van der Waals surface area contributed by atoms with Crippen molar-refractivity contribution in [2.75, 3.05) is 19.8 Å². The number of ether oxygens (including phenoxy) is 3. The summed E-state index contributed by atoms with van der Waals surface area (Å²) in [5, 5.41) is 29.6. The number of para-hydroxylation sites is 1. The Bertz CT molecular complexity index is 740. The Morgan fingerprint density at radius 3 is 2.58 bits per heavy atom. The summed E-state index contributed by atoms with van der Waals surface area (Å²) in [6, 6.07) is 9.43. The number of unbranched alkanes of at least 4 members (excludes halogenated alkanes) is 1. The maximum atomic E-state index is 10.6. The lowest BCUT2D eigenvalue weighted by molar-refractivity contribution is -0.139. The second kappa shape index (κ2) is 11.4. The minimum Gasteiger partial charge on any atom is -0.488 e. The standard InChI is InChI=1S/C24H32O7/c25-21-16-22(26)20(19(21)10-6-1-2-7-11-23(27)28)12-13-24(30-14-15-31-24)17-29-18-8-4-3-5-9-18/h1,3-6,8-9,12-13,19-22,25-26H,2,7,10-11,14-17H2,(H,27,28)/b6-1+,13-12+. The summed E-state index contributed by atoms with van der Waals surface area (Å²) in [5.74, 6) is -1.46. The zero-order valence-corrected chi connectivity index (χ0v) is 17.6. The maximum Gasteiger partial charge on any atom is 0.303 e. The molecule has 1 heterocycles. The summed E-state index contributed by atoms with van der Waals surface area (Å²) in [4.78, 5) is 10.6. The van der Waals surface area contributed by atoms with Crippen LogP contribution >= 0.6 is 0 Å². The van der Waals surface area contributed by atoms with Gasteiger partial charge in [0.25, 0.3) is 0 Å². The fraction of sp³-hybridized carbons (Fsp3) is 0.542. The molecule has 1 aromatic rings. The summed E-state index contributed by atoms with van der Waals surface area (Å²) in [6.45, 7) is 1.11. The van der Waals surface area contributed by atoms with E-state index < -0.39 is 24.0 Å². The first-order valence-electron chi connectivity index (χ1n) is 10.9. The molecule has 0 spiro atoms. The first-order chi connectivity index (χ1) is 15.0. The van der Waals surface area contributed by atoms with Crippen LogP contribution in [0.4, 0.5) is 0 Å². The summed E-state index contributed by atoms with van der Waals surface area (Å²) >= 11 is 0. The molecule has 3 N–H and O–H groups in total. The van der Waals surface area contributed by atoms with Crippen LogP contribution < -0.4 is 4.74 Å². The van der Waals surface area contributed by atoms with Gasteiger partial charge < -0.3 is 29.5 Å². The lowest BCUT2D eigenvalue weighted by atomic mass is 9.89. The molecule has 1 saturated heterocycles. The van der Waals surface area contributed by atoms with Crippen LogP contribution in [0.15, 0.2) is 54.6 Å². The third-order valence-corrected chi connectivity index (χ3v) is 5.78. The van der Waals surface area contributed by atoms with E-state index >= 15 is 0 Å². The van der Waals surface area contributed by atoms with Crippen LogP contribution in [0, 0.1) is 11.8 Å². The fourth-order valence-electron chi connectivity index (χ4n) is 4.11. The lowest BCUT2D eigenvalue weighted by Gasteiger charge is -2.26. The highest BCUT2D eigenvalue weighted by molar-refractivity contribution is 5.66. The Morgan fingerprint density at radius 2 is 1.87 bits per heavy atom. The molecule has 7 heteroatoms. The number of carboxylic acid groups (broad SMARTS) is 1. The minimum absolute atomic E-state index is 0.129. The average Bonchev–Trinajstić information content (AvgIpc) is 3.32. The van der Waals surface area contributed by atoms with Crippen molar-refractivity contribution in [2.45, 2.75) is 50.1 Å². The van der Waals surface area contributed by atoms with Crippen LogP contribution in [0.5, 0.6) is 5.75 Å². The van der Waals surface area contributed by atoms with Gasteiger partial charge in [0, 0.05) is 18.8 Å². The second-order valence-corrected chi connectivity index (χ2v) is 8.07. The molecule has 1 saturated carbocycles. The quantitative estimate of drug-likeness (QED) is 0.365. The van der Waals surface area contributed by atoms with Crippen LogP contribution in [0.3, 0.4) is 0 Å². The molecule has 4 atom stereocenters. The first-order valence-corrected chi connectivity index (χ1v) is 10.9. The van der Waals surface area contributed by atoms with E-state index in [2.05, 4.69) is 0 Å². The Labute approximate surface area is 182 Å². The van der Waals surface area contributed by atoms with E-state index in [1.165, 1.54) is 0 Å². The van der Waals surface area contributed by atoms with Crippen LogP contribution in [-0.4, -0.2) is 59.1 Å². The van der Waals surface area contributed by atoms with Crippen molar-refractivity contribution in [1.29, 1.82) is 0 Å². The summed E-state index contributed by atoms with van der Waals surface area (Å²) < 4.78 is 17.5. The minimum atomic E-state index is -1.01. The van der Waals surface area contributed by atoms with Gasteiger partial charge in [-0.3, -0.25) is 4.79 Å². The van der Waals surface area contributed by atoms with Crippen molar-refractivity contribution in [2.24, 2.45) is 11.8 Å². The van der Waals surface area contributed by atoms with Crippen molar-refractivity contribution >= 4 is 5.97 Å². The molecule has 4 unspecified atom stereocenters. The van der Waals surface area contributed by atoms with E-state index in [0.29, 0.717) is 38.9 Å². The number of hydrogen-bond donors (Lipinski definition) is 3. The Balaban J connectivity index is 1.59. The lowest BCUT2D eigenvalue weighted by Crippen LogP contribution is -2.35. The molecule has 7 nitrogen and oxygen atoms in total. The Morgan fingerprint density at radius 1 is 1.13 bits per heavy atom. The molecule has 1 aliphatic carbocycles. The maximum absolute atomic E-state index is 10.6. The summed E-state index contributed by atoms with van der Waals surface area (Å²) in [6.07, 6.45) is 8.68. The normalized spacial score (nSPS) is 27.9. The van der Waals surface area contributed by atoms with Gasteiger partial charge >= 0.3 is 5.97 Å². The smallest absolute Gasteiger partial charge is 0.303 e. The van der Waals surface area contributed by atoms with Crippen molar-refractivity contribution in [3.8, 4) is 5.75 Å². The Kier molecular flexibility index (Phi) is 8.66. The fourth-order valence-corrected chi connectivity index (χ4v) is 4.11. The van der Waals surface area contributed by atoms with Gasteiger partial charge in [0.05, 0.1) is 25.4 Å². The van der Waals surface area contributed by atoms with Crippen LogP contribution in [0.1, 0.15) is 32.1 Å². The van der Waals surface area contributed by atoms with Crippen molar-refractivity contribution in [3.05, 3.63) is 54.6 Å². The molecule has 3 rings (SSSR count). The van der Waals surface area contributed by atoms with Crippen molar-refractivity contribution < 1.29 is 34.3 Å². The number of carbonyl (C=O) groups is 1. The highest BCUT2D eigenvalue weighted by atomic mass is 16.8. The predicted octanol–water partition coefficient (Wildman–Crippen LogP) is 2.92. The molecule has 0 radical (unpaired) electrons. The van der Waals surface area contributed by atoms with E-state index in [4.69, 9.17) is 19.3 Å². The van der Waals surface area contributed by atoms with Gasteiger partial charge in [-0.1, -0.05) is 36.4 Å². The number of benzene rings is 1. The van der Waals surface area contributed by atoms with Gasteiger partial charge in [0.2, 0.25) is 5.79 Å². The molecule has 2 fully saturated rings. The summed E-state index contributed by atoms with van der Waals surface area (Å²) in [7, 11) is 0. The SMILES string of the molecule is O=C(O)CCC/C=C/CC1C(O)CC(O)C1/C=C/C1(COc2ccccc2)OCCO1. The number of allylic oxidation sites excluding steroid dienone is 2. The summed E-state index contributed by atoms with van der Waals surface area (Å²) in [5.41, 5.74) is 0. The van der Waals surface area contributed by atoms with E-state index in [0.717, 1.165) is 5.75 Å².